The molecule has 2 N–H and O–H groups in total. The standard InChI is InChI=1S/C8H11F2N3O4S/c1-4-7(6(8(14)15)12-11-4)18(16,17)13(2)3-5(9)10/h5H,3H2,1-2H3,(H,11,12)(H,14,15). The van der Waals surface area contributed by atoms with Crippen LogP contribution in [-0.4, -0.2) is 54.0 Å². The Bertz CT molecular complexity index is 555. The zero-order chi connectivity index (χ0) is 14.1. The Hall–Kier alpha value is -1.55. The van der Waals surface area contributed by atoms with E-state index in [2.05, 4.69) is 10.2 Å². The van der Waals surface area contributed by atoms with E-state index in [0.717, 1.165) is 7.05 Å². The van der Waals surface area contributed by atoms with Gasteiger partial charge in [-0.3, -0.25) is 5.10 Å². The Balaban J connectivity index is 3.28. The van der Waals surface area contributed by atoms with Crippen molar-refractivity contribution in [3.63, 3.8) is 0 Å². The average Bonchev–Trinajstić information content (AvgIpc) is 2.59. The number of aromatic amines is 1. The van der Waals surface area contributed by atoms with Gasteiger partial charge in [-0.05, 0) is 6.92 Å². The molecule has 10 heteroatoms. The molecule has 0 amide bonds. The van der Waals surface area contributed by atoms with Crippen LogP contribution < -0.4 is 0 Å². The predicted molar refractivity (Wildman–Crippen MR) is 56.1 cm³/mol. The van der Waals surface area contributed by atoms with E-state index in [1.807, 2.05) is 0 Å². The quantitative estimate of drug-likeness (QED) is 0.809. The van der Waals surface area contributed by atoms with E-state index in [1.54, 1.807) is 0 Å². The number of aromatic nitrogens is 2. The molecule has 0 spiro atoms. The fourth-order valence-corrected chi connectivity index (χ4v) is 2.76. The van der Waals surface area contributed by atoms with Gasteiger partial charge in [-0.15, -0.1) is 0 Å². The lowest BCUT2D eigenvalue weighted by molar-refractivity contribution is 0.0686. The number of carboxylic acids is 1. The molecule has 7 nitrogen and oxygen atoms in total. The van der Waals surface area contributed by atoms with Gasteiger partial charge in [0.25, 0.3) is 6.43 Å². The van der Waals surface area contributed by atoms with Crippen molar-refractivity contribution in [3.05, 3.63) is 11.4 Å². The summed E-state index contributed by atoms with van der Waals surface area (Å²) in [4.78, 5) is 10.2. The smallest absolute Gasteiger partial charge is 0.357 e. The summed E-state index contributed by atoms with van der Waals surface area (Å²) in [7, 11) is -3.37. The third-order valence-corrected chi connectivity index (χ3v) is 4.14. The van der Waals surface area contributed by atoms with Gasteiger partial charge in [0.15, 0.2) is 5.69 Å². The molecule has 0 radical (unpaired) electrons. The summed E-state index contributed by atoms with van der Waals surface area (Å²) in [6.45, 7) is 0.272. The molecule has 0 fully saturated rings. The van der Waals surface area contributed by atoms with Crippen LogP contribution in [0.4, 0.5) is 8.78 Å². The summed E-state index contributed by atoms with van der Waals surface area (Å²) in [5.74, 6) is -1.55. The number of hydrogen-bond donors (Lipinski definition) is 2. The summed E-state index contributed by atoms with van der Waals surface area (Å²) in [5.41, 5.74) is -0.734. The average molecular weight is 283 g/mol. The predicted octanol–water partition coefficient (Wildman–Crippen LogP) is 0.302. The number of halogens is 2. The molecule has 0 atom stereocenters. The van der Waals surface area contributed by atoms with Crippen LogP contribution >= 0.6 is 0 Å². The van der Waals surface area contributed by atoms with Crippen LogP contribution in [0.5, 0.6) is 0 Å². The van der Waals surface area contributed by atoms with E-state index in [-0.39, 0.29) is 5.69 Å². The van der Waals surface area contributed by atoms with Crippen LogP contribution in [0.25, 0.3) is 0 Å². The fraction of sp³-hybridized carbons (Fsp3) is 0.500. The normalized spacial score (nSPS) is 12.3. The molecule has 0 aromatic carbocycles. The minimum absolute atomic E-state index is 0.0199. The molecular weight excluding hydrogens is 272 g/mol. The van der Waals surface area contributed by atoms with Crippen LogP contribution in [0.15, 0.2) is 4.90 Å². The first-order valence-corrected chi connectivity index (χ1v) is 6.14. The number of aromatic carboxylic acids is 1. The summed E-state index contributed by atoms with van der Waals surface area (Å²) in [5, 5.41) is 14.3. The Morgan fingerprint density at radius 3 is 2.56 bits per heavy atom. The molecule has 0 bridgehead atoms. The molecule has 1 heterocycles. The minimum Gasteiger partial charge on any atom is -0.476 e. The number of hydrogen-bond acceptors (Lipinski definition) is 4. The number of sulfonamides is 1. The number of alkyl halides is 2. The highest BCUT2D eigenvalue weighted by Gasteiger charge is 2.32. The van der Waals surface area contributed by atoms with Gasteiger partial charge in [0.2, 0.25) is 10.0 Å². The van der Waals surface area contributed by atoms with Crippen molar-refractivity contribution in [1.29, 1.82) is 0 Å². The molecule has 1 aromatic heterocycles. The van der Waals surface area contributed by atoms with Crippen molar-refractivity contribution in [1.82, 2.24) is 14.5 Å². The zero-order valence-electron chi connectivity index (χ0n) is 9.52. The van der Waals surface area contributed by atoms with Gasteiger partial charge >= 0.3 is 5.97 Å². The van der Waals surface area contributed by atoms with Crippen LogP contribution in [0, 0.1) is 6.92 Å². The first kappa shape index (κ1) is 14.5. The highest BCUT2D eigenvalue weighted by Crippen LogP contribution is 2.21. The zero-order valence-corrected chi connectivity index (χ0v) is 10.3. The van der Waals surface area contributed by atoms with Gasteiger partial charge in [0.1, 0.15) is 4.90 Å². The summed E-state index contributed by atoms with van der Waals surface area (Å²) < 4.78 is 48.6. The Kier molecular flexibility index (Phi) is 4.02. The lowest BCUT2D eigenvalue weighted by Gasteiger charge is -2.16. The molecule has 1 rings (SSSR count). The van der Waals surface area contributed by atoms with E-state index in [4.69, 9.17) is 5.11 Å². The molecule has 0 saturated carbocycles. The van der Waals surface area contributed by atoms with Crippen LogP contribution in [0.1, 0.15) is 16.2 Å². The number of H-pyrrole nitrogens is 1. The molecule has 1 aromatic rings. The first-order chi connectivity index (χ1) is 8.17. The molecule has 0 unspecified atom stereocenters. The lowest BCUT2D eigenvalue weighted by Crippen LogP contribution is -2.32. The number of rotatable bonds is 5. The maximum atomic E-state index is 12.2. The van der Waals surface area contributed by atoms with Gasteiger partial charge in [-0.2, -0.15) is 9.40 Å². The molecule has 0 saturated heterocycles. The number of aryl methyl sites for hydroxylation is 1. The van der Waals surface area contributed by atoms with E-state index in [0.29, 0.717) is 4.31 Å². The number of nitrogens with one attached hydrogen (secondary N) is 1. The van der Waals surface area contributed by atoms with Gasteiger partial charge in [0.05, 0.1) is 12.2 Å². The number of nitrogens with zero attached hydrogens (tertiary/aromatic N) is 2. The fourth-order valence-electron chi connectivity index (χ4n) is 1.33. The topological polar surface area (TPSA) is 103 Å². The van der Waals surface area contributed by atoms with Crippen LogP contribution in [0.3, 0.4) is 0 Å². The molecule has 102 valence electrons. The maximum Gasteiger partial charge on any atom is 0.357 e. The van der Waals surface area contributed by atoms with E-state index in [1.165, 1.54) is 6.92 Å². The Morgan fingerprint density at radius 1 is 1.56 bits per heavy atom. The lowest BCUT2D eigenvalue weighted by atomic mass is 10.4. The highest BCUT2D eigenvalue weighted by molar-refractivity contribution is 7.89. The Morgan fingerprint density at radius 2 is 2.11 bits per heavy atom. The third kappa shape index (κ3) is 2.64. The number of carboxylic acid groups (broad SMARTS) is 1. The van der Waals surface area contributed by atoms with Crippen molar-refractivity contribution < 1.29 is 27.1 Å². The van der Waals surface area contributed by atoms with E-state index in [9.17, 15) is 22.0 Å². The van der Waals surface area contributed by atoms with Gasteiger partial charge in [0, 0.05) is 7.05 Å². The summed E-state index contributed by atoms with van der Waals surface area (Å²) >= 11 is 0. The molecular formula is C8H11F2N3O4S. The second kappa shape index (κ2) is 4.98. The van der Waals surface area contributed by atoms with E-state index >= 15 is 0 Å². The second-order valence-electron chi connectivity index (χ2n) is 3.51. The van der Waals surface area contributed by atoms with Gasteiger partial charge in [-0.25, -0.2) is 22.0 Å². The van der Waals surface area contributed by atoms with Crippen molar-refractivity contribution in [2.75, 3.05) is 13.6 Å². The van der Waals surface area contributed by atoms with Crippen LogP contribution in [-0.2, 0) is 10.0 Å². The van der Waals surface area contributed by atoms with Crippen molar-refractivity contribution in [2.24, 2.45) is 0 Å². The first-order valence-electron chi connectivity index (χ1n) is 4.70. The largest absolute Gasteiger partial charge is 0.476 e. The van der Waals surface area contributed by atoms with E-state index < -0.39 is 39.6 Å². The highest BCUT2D eigenvalue weighted by atomic mass is 32.2. The van der Waals surface area contributed by atoms with Crippen LogP contribution in [0.2, 0.25) is 0 Å². The molecule has 0 aliphatic carbocycles. The van der Waals surface area contributed by atoms with Crippen molar-refractivity contribution >= 4 is 16.0 Å². The molecule has 18 heavy (non-hydrogen) atoms. The molecule has 0 aliphatic rings. The van der Waals surface area contributed by atoms with Gasteiger partial charge in [-0.1, -0.05) is 0 Å². The summed E-state index contributed by atoms with van der Waals surface area (Å²) in [6.07, 6.45) is -2.86. The number of carbonyl (C=O) groups is 1. The maximum absolute atomic E-state index is 12.2. The van der Waals surface area contributed by atoms with Crippen molar-refractivity contribution in [3.8, 4) is 0 Å². The second-order valence-corrected chi connectivity index (χ2v) is 5.49. The minimum atomic E-state index is -4.32. The summed E-state index contributed by atoms with van der Waals surface area (Å²) in [6, 6.07) is 0. The van der Waals surface area contributed by atoms with Crippen molar-refractivity contribution in [2.45, 2.75) is 18.2 Å². The Labute approximate surface area is 101 Å². The monoisotopic (exact) mass is 283 g/mol. The third-order valence-electron chi connectivity index (χ3n) is 2.16. The molecule has 0 aliphatic heterocycles. The van der Waals surface area contributed by atoms with Gasteiger partial charge < -0.3 is 5.11 Å². The SMILES string of the molecule is Cc1[nH]nc(C(=O)O)c1S(=O)(=O)N(C)CC(F)F.